The Bertz CT molecular complexity index is 371. The molecule has 3 N–H and O–H groups in total. The Kier molecular flexibility index (Phi) is 12.2. The van der Waals surface area contributed by atoms with Crippen molar-refractivity contribution in [3.63, 3.8) is 0 Å². The maximum atomic E-state index is 10.6. The summed E-state index contributed by atoms with van der Waals surface area (Å²) >= 11 is 0. The summed E-state index contributed by atoms with van der Waals surface area (Å²) in [5, 5.41) is 29.5. The van der Waals surface area contributed by atoms with E-state index in [0.29, 0.717) is 18.8 Å². The van der Waals surface area contributed by atoms with E-state index in [9.17, 15) is 15.0 Å². The molecule has 1 fully saturated rings. The number of unbranched alkanes of at least 4 members (excludes halogenated alkanes) is 8. The maximum absolute atomic E-state index is 10.6. The molecule has 0 bridgehead atoms. The summed E-state index contributed by atoms with van der Waals surface area (Å²) in [7, 11) is 0. The van der Waals surface area contributed by atoms with Crippen LogP contribution in [0, 0.1) is 17.8 Å². The van der Waals surface area contributed by atoms with Gasteiger partial charge in [-0.15, -0.1) is 0 Å². The Balaban J connectivity index is 2.29. The van der Waals surface area contributed by atoms with Gasteiger partial charge in [0.25, 0.3) is 0 Å². The minimum absolute atomic E-state index is 0.175. The monoisotopic (exact) mass is 370 g/mol. The number of carboxylic acids is 1. The Morgan fingerprint density at radius 2 is 1.54 bits per heavy atom. The van der Waals surface area contributed by atoms with Crippen molar-refractivity contribution in [2.75, 3.05) is 0 Å². The van der Waals surface area contributed by atoms with Crippen LogP contribution in [0.2, 0.25) is 0 Å². The van der Waals surface area contributed by atoms with E-state index in [2.05, 4.69) is 13.8 Å². The summed E-state index contributed by atoms with van der Waals surface area (Å²) in [5.74, 6) is 0.0864. The van der Waals surface area contributed by atoms with Gasteiger partial charge in [-0.05, 0) is 37.0 Å². The molecule has 0 heterocycles. The molecule has 0 saturated heterocycles. The molecule has 26 heavy (non-hydrogen) atoms. The van der Waals surface area contributed by atoms with Gasteiger partial charge in [0.1, 0.15) is 0 Å². The van der Waals surface area contributed by atoms with Crippen LogP contribution < -0.4 is 0 Å². The fourth-order valence-corrected chi connectivity index (χ4v) is 4.76. The van der Waals surface area contributed by atoms with Gasteiger partial charge >= 0.3 is 5.97 Å². The van der Waals surface area contributed by atoms with Gasteiger partial charge in [-0.25, -0.2) is 0 Å². The Labute approximate surface area is 160 Å². The second-order valence-electron chi connectivity index (χ2n) is 8.49. The lowest BCUT2D eigenvalue weighted by molar-refractivity contribution is -0.137. The van der Waals surface area contributed by atoms with E-state index < -0.39 is 12.1 Å². The molecule has 5 atom stereocenters. The van der Waals surface area contributed by atoms with Gasteiger partial charge in [0.2, 0.25) is 0 Å². The molecule has 0 aliphatic heterocycles. The summed E-state index contributed by atoms with van der Waals surface area (Å²) < 4.78 is 0. The molecule has 4 nitrogen and oxygen atoms in total. The number of hydrogen-bond donors (Lipinski definition) is 3. The highest BCUT2D eigenvalue weighted by Gasteiger charge is 2.43. The van der Waals surface area contributed by atoms with Crippen LogP contribution in [-0.2, 0) is 4.79 Å². The minimum Gasteiger partial charge on any atom is -0.481 e. The number of aliphatic hydroxyl groups excluding tert-OH is 2. The van der Waals surface area contributed by atoms with Gasteiger partial charge in [-0.3, -0.25) is 4.79 Å². The zero-order valence-electron chi connectivity index (χ0n) is 17.0. The molecule has 1 saturated carbocycles. The van der Waals surface area contributed by atoms with E-state index in [-0.39, 0.29) is 24.4 Å². The molecule has 4 heteroatoms. The van der Waals surface area contributed by atoms with Gasteiger partial charge < -0.3 is 15.3 Å². The molecule has 1 unspecified atom stereocenters. The molecule has 154 valence electrons. The second-order valence-corrected chi connectivity index (χ2v) is 8.49. The summed E-state index contributed by atoms with van der Waals surface area (Å²) in [6.45, 7) is 4.48. The first-order valence-corrected chi connectivity index (χ1v) is 11.0. The van der Waals surface area contributed by atoms with Gasteiger partial charge in [-0.2, -0.15) is 0 Å². The van der Waals surface area contributed by atoms with Crippen molar-refractivity contribution < 1.29 is 20.1 Å². The van der Waals surface area contributed by atoms with E-state index >= 15 is 0 Å². The Morgan fingerprint density at radius 3 is 2.19 bits per heavy atom. The molecular formula is C22H42O4. The SMILES string of the molecule is CCCCCCCCCC(C)[C@@H]1[C@@H](CCCCCC(=O)O)[C@@H](O)C[C@H]1O. The fraction of sp³-hybridized carbons (Fsp3) is 0.955. The maximum Gasteiger partial charge on any atom is 0.303 e. The number of carboxylic acid groups (broad SMARTS) is 1. The van der Waals surface area contributed by atoms with Crippen molar-refractivity contribution in [2.24, 2.45) is 17.8 Å². The summed E-state index contributed by atoms with van der Waals surface area (Å²) in [6.07, 6.45) is 13.7. The molecule has 1 aliphatic rings. The van der Waals surface area contributed by atoms with E-state index in [0.717, 1.165) is 25.7 Å². The molecule has 0 aromatic heterocycles. The van der Waals surface area contributed by atoms with E-state index in [1.807, 2.05) is 0 Å². The standard InChI is InChI=1S/C22H42O4/c1-3-4-5-6-7-8-10-13-17(2)22-18(19(23)16-20(22)24)14-11-9-12-15-21(25)26/h17-20,22-24H,3-16H2,1-2H3,(H,25,26)/t17?,18-,19-,20+,22+/m0/s1. The highest BCUT2D eigenvalue weighted by molar-refractivity contribution is 5.66. The van der Waals surface area contributed by atoms with Crippen LogP contribution >= 0.6 is 0 Å². The zero-order chi connectivity index (χ0) is 19.4. The van der Waals surface area contributed by atoms with Gasteiger partial charge in [-0.1, -0.05) is 78.1 Å². The molecule has 0 radical (unpaired) electrons. The van der Waals surface area contributed by atoms with Crippen LogP contribution in [0.25, 0.3) is 0 Å². The number of aliphatic carboxylic acids is 1. The van der Waals surface area contributed by atoms with Gasteiger partial charge in [0, 0.05) is 6.42 Å². The summed E-state index contributed by atoms with van der Waals surface area (Å²) in [4.78, 5) is 10.6. The first-order chi connectivity index (χ1) is 12.5. The Morgan fingerprint density at radius 1 is 0.923 bits per heavy atom. The summed E-state index contributed by atoms with van der Waals surface area (Å²) in [5.41, 5.74) is 0. The molecule has 0 amide bonds. The average Bonchev–Trinajstić information content (AvgIpc) is 2.87. The average molecular weight is 371 g/mol. The number of rotatable bonds is 15. The van der Waals surface area contributed by atoms with Crippen molar-refractivity contribution in [1.29, 1.82) is 0 Å². The van der Waals surface area contributed by atoms with Crippen LogP contribution in [-0.4, -0.2) is 33.5 Å². The van der Waals surface area contributed by atoms with Crippen molar-refractivity contribution in [3.05, 3.63) is 0 Å². The molecule has 0 aromatic carbocycles. The third-order valence-corrected chi connectivity index (χ3v) is 6.26. The fourth-order valence-electron chi connectivity index (χ4n) is 4.76. The molecule has 0 spiro atoms. The third-order valence-electron chi connectivity index (χ3n) is 6.26. The quantitative estimate of drug-likeness (QED) is 0.348. The molecular weight excluding hydrogens is 328 g/mol. The van der Waals surface area contributed by atoms with Crippen molar-refractivity contribution in [3.8, 4) is 0 Å². The largest absolute Gasteiger partial charge is 0.481 e. The lowest BCUT2D eigenvalue weighted by Gasteiger charge is -2.29. The number of aliphatic hydroxyl groups is 2. The molecule has 1 rings (SSSR count). The first kappa shape index (κ1) is 23.4. The highest BCUT2D eigenvalue weighted by atomic mass is 16.4. The smallest absolute Gasteiger partial charge is 0.303 e. The van der Waals surface area contributed by atoms with Crippen molar-refractivity contribution >= 4 is 5.97 Å². The predicted molar refractivity (Wildman–Crippen MR) is 106 cm³/mol. The topological polar surface area (TPSA) is 77.8 Å². The summed E-state index contributed by atoms with van der Waals surface area (Å²) in [6, 6.07) is 0. The Hall–Kier alpha value is -0.610. The molecule has 0 aromatic rings. The predicted octanol–water partition coefficient (Wildman–Crippen LogP) is 5.16. The number of hydrogen-bond acceptors (Lipinski definition) is 3. The van der Waals surface area contributed by atoms with Crippen molar-refractivity contribution in [2.45, 2.75) is 116 Å². The van der Waals surface area contributed by atoms with E-state index in [1.165, 1.54) is 44.9 Å². The number of carbonyl (C=O) groups is 1. The first-order valence-electron chi connectivity index (χ1n) is 11.0. The van der Waals surface area contributed by atoms with Gasteiger partial charge in [0.05, 0.1) is 12.2 Å². The van der Waals surface area contributed by atoms with Crippen molar-refractivity contribution in [1.82, 2.24) is 0 Å². The van der Waals surface area contributed by atoms with Crippen LogP contribution in [0.15, 0.2) is 0 Å². The second kappa shape index (κ2) is 13.5. The molecule has 1 aliphatic carbocycles. The zero-order valence-corrected chi connectivity index (χ0v) is 17.0. The lowest BCUT2D eigenvalue weighted by atomic mass is 9.78. The normalized spacial score (nSPS) is 26.9. The highest BCUT2D eigenvalue weighted by Crippen LogP contribution is 2.42. The van der Waals surface area contributed by atoms with Crippen LogP contribution in [0.3, 0.4) is 0 Å². The van der Waals surface area contributed by atoms with Crippen LogP contribution in [0.4, 0.5) is 0 Å². The van der Waals surface area contributed by atoms with Gasteiger partial charge in [0.15, 0.2) is 0 Å². The van der Waals surface area contributed by atoms with E-state index in [1.54, 1.807) is 0 Å². The lowest BCUT2D eigenvalue weighted by Crippen LogP contribution is -2.28. The van der Waals surface area contributed by atoms with Crippen LogP contribution in [0.5, 0.6) is 0 Å². The minimum atomic E-state index is -0.734. The van der Waals surface area contributed by atoms with E-state index in [4.69, 9.17) is 5.11 Å². The van der Waals surface area contributed by atoms with Crippen LogP contribution in [0.1, 0.15) is 104 Å². The third kappa shape index (κ3) is 8.85.